The van der Waals surface area contributed by atoms with Crippen LogP contribution in [0.25, 0.3) is 0 Å². The van der Waals surface area contributed by atoms with E-state index >= 15 is 0 Å². The van der Waals surface area contributed by atoms with E-state index in [1.165, 1.54) is 0 Å². The summed E-state index contributed by atoms with van der Waals surface area (Å²) in [4.78, 5) is 10.3. The molecule has 3 N–H and O–H groups in total. The van der Waals surface area contributed by atoms with E-state index in [-0.39, 0.29) is 24.0 Å². The molecule has 2 heterocycles. The van der Waals surface area contributed by atoms with Crippen molar-refractivity contribution in [3.8, 4) is 0 Å². The standard InChI is InChI=1S/C17H31N5OS.HI/c1-5-18-16(19-11-14-12-21(3)8-9-22(14)4)20-13-17(2,23)15-7-6-10-24-15;/h6-7,10,14,23H,5,8-9,11-13H2,1-4H3,(H2,18,19,20);1H. The Labute approximate surface area is 172 Å². The molecule has 1 fully saturated rings. The van der Waals surface area contributed by atoms with Gasteiger partial charge in [0.05, 0.1) is 6.54 Å². The van der Waals surface area contributed by atoms with Crippen molar-refractivity contribution in [2.24, 2.45) is 4.99 Å². The lowest BCUT2D eigenvalue weighted by atomic mass is 10.1. The molecule has 0 spiro atoms. The van der Waals surface area contributed by atoms with E-state index in [2.05, 4.69) is 46.4 Å². The maximum Gasteiger partial charge on any atom is 0.191 e. The van der Waals surface area contributed by atoms with Gasteiger partial charge in [0, 0.05) is 43.6 Å². The summed E-state index contributed by atoms with van der Waals surface area (Å²) in [7, 11) is 4.34. The highest BCUT2D eigenvalue weighted by Gasteiger charge is 2.25. The molecule has 25 heavy (non-hydrogen) atoms. The van der Waals surface area contributed by atoms with Crippen molar-refractivity contribution in [1.82, 2.24) is 20.4 Å². The van der Waals surface area contributed by atoms with E-state index in [4.69, 9.17) is 0 Å². The van der Waals surface area contributed by atoms with Crippen molar-refractivity contribution in [3.63, 3.8) is 0 Å². The van der Waals surface area contributed by atoms with Gasteiger partial charge in [-0.2, -0.15) is 0 Å². The van der Waals surface area contributed by atoms with E-state index in [9.17, 15) is 5.11 Å². The number of nitrogens with one attached hydrogen (secondary N) is 2. The molecule has 1 aliphatic heterocycles. The molecule has 0 amide bonds. The number of piperazine rings is 1. The molecule has 8 heteroatoms. The molecule has 1 aromatic heterocycles. The summed E-state index contributed by atoms with van der Waals surface area (Å²) in [5.74, 6) is 0.760. The second kappa shape index (κ2) is 10.7. The first-order valence-electron chi connectivity index (χ1n) is 8.59. The minimum atomic E-state index is -0.932. The molecule has 2 atom stereocenters. The zero-order valence-corrected chi connectivity index (χ0v) is 18.8. The highest BCUT2D eigenvalue weighted by atomic mass is 127. The molecule has 0 saturated carbocycles. The molecule has 0 bridgehead atoms. The number of aliphatic hydroxyl groups is 1. The van der Waals surface area contributed by atoms with Crippen LogP contribution in [0.1, 0.15) is 18.7 Å². The van der Waals surface area contributed by atoms with Crippen LogP contribution in [0.3, 0.4) is 0 Å². The summed E-state index contributed by atoms with van der Waals surface area (Å²) in [6.45, 7) is 9.10. The Bertz CT molecular complexity index is 523. The quantitative estimate of drug-likeness (QED) is 0.326. The van der Waals surface area contributed by atoms with Crippen molar-refractivity contribution >= 4 is 41.3 Å². The summed E-state index contributed by atoms with van der Waals surface area (Å²) < 4.78 is 0. The predicted molar refractivity (Wildman–Crippen MR) is 117 cm³/mol. The lowest BCUT2D eigenvalue weighted by Crippen LogP contribution is -2.55. The molecular formula is C17H32IN5OS. The Morgan fingerprint density at radius 3 is 2.80 bits per heavy atom. The number of nitrogens with zero attached hydrogens (tertiary/aromatic N) is 3. The highest BCUT2D eigenvalue weighted by Crippen LogP contribution is 2.25. The van der Waals surface area contributed by atoms with Gasteiger partial charge in [0.2, 0.25) is 0 Å². The van der Waals surface area contributed by atoms with Gasteiger partial charge in [0.15, 0.2) is 5.96 Å². The lowest BCUT2D eigenvalue weighted by Gasteiger charge is -2.38. The molecule has 2 unspecified atom stereocenters. The Morgan fingerprint density at radius 2 is 2.16 bits per heavy atom. The van der Waals surface area contributed by atoms with Crippen LogP contribution in [0.5, 0.6) is 0 Å². The second-order valence-electron chi connectivity index (χ2n) is 6.72. The maximum absolute atomic E-state index is 10.6. The van der Waals surface area contributed by atoms with Gasteiger partial charge in [0.25, 0.3) is 0 Å². The molecule has 1 saturated heterocycles. The third-order valence-electron chi connectivity index (χ3n) is 4.43. The van der Waals surface area contributed by atoms with Gasteiger partial charge in [-0.1, -0.05) is 6.07 Å². The molecule has 0 aliphatic carbocycles. The van der Waals surface area contributed by atoms with Gasteiger partial charge < -0.3 is 20.6 Å². The Morgan fingerprint density at radius 1 is 1.40 bits per heavy atom. The van der Waals surface area contributed by atoms with E-state index in [0.717, 1.165) is 43.6 Å². The van der Waals surface area contributed by atoms with Gasteiger partial charge in [0.1, 0.15) is 5.60 Å². The Hall–Kier alpha value is -0.420. The zero-order valence-electron chi connectivity index (χ0n) is 15.7. The van der Waals surface area contributed by atoms with Crippen molar-refractivity contribution in [1.29, 1.82) is 0 Å². The molecule has 0 aromatic carbocycles. The van der Waals surface area contributed by atoms with Crippen LogP contribution in [-0.4, -0.2) is 80.3 Å². The number of thiophene rings is 1. The first-order valence-corrected chi connectivity index (χ1v) is 9.47. The van der Waals surface area contributed by atoms with Crippen molar-refractivity contribution in [2.45, 2.75) is 25.5 Å². The molecule has 144 valence electrons. The van der Waals surface area contributed by atoms with Gasteiger partial charge >= 0.3 is 0 Å². The van der Waals surface area contributed by atoms with Crippen LogP contribution in [0.2, 0.25) is 0 Å². The van der Waals surface area contributed by atoms with Crippen molar-refractivity contribution < 1.29 is 5.11 Å². The monoisotopic (exact) mass is 481 g/mol. The van der Waals surface area contributed by atoms with Crippen LogP contribution in [-0.2, 0) is 5.60 Å². The van der Waals surface area contributed by atoms with Gasteiger partial charge in [-0.25, -0.2) is 4.99 Å². The Balaban J connectivity index is 0.00000312. The van der Waals surface area contributed by atoms with Crippen LogP contribution in [0.4, 0.5) is 0 Å². The first-order chi connectivity index (χ1) is 11.4. The van der Waals surface area contributed by atoms with Gasteiger partial charge in [-0.15, -0.1) is 35.3 Å². The smallest absolute Gasteiger partial charge is 0.191 e. The highest BCUT2D eigenvalue weighted by molar-refractivity contribution is 14.0. The maximum atomic E-state index is 10.6. The van der Waals surface area contributed by atoms with Gasteiger partial charge in [-0.3, -0.25) is 4.90 Å². The fraction of sp³-hybridized carbons (Fsp3) is 0.706. The first kappa shape index (κ1) is 22.6. The van der Waals surface area contributed by atoms with Crippen LogP contribution < -0.4 is 10.6 Å². The van der Waals surface area contributed by atoms with E-state index < -0.39 is 5.60 Å². The summed E-state index contributed by atoms with van der Waals surface area (Å²) in [6.07, 6.45) is 0. The number of likely N-dealkylation sites (N-methyl/N-ethyl adjacent to an activating group) is 2. The number of guanidine groups is 1. The topological polar surface area (TPSA) is 63.1 Å². The van der Waals surface area contributed by atoms with Crippen molar-refractivity contribution in [3.05, 3.63) is 22.4 Å². The molecule has 1 aromatic rings. The van der Waals surface area contributed by atoms with E-state index in [0.29, 0.717) is 12.6 Å². The SMILES string of the molecule is CCNC(=NCC(C)(O)c1cccs1)NCC1CN(C)CCN1C.I. The number of hydrogen-bond acceptors (Lipinski definition) is 5. The molecular weight excluding hydrogens is 449 g/mol. The summed E-state index contributed by atoms with van der Waals surface area (Å²) in [5.41, 5.74) is -0.932. The third kappa shape index (κ3) is 7.01. The summed E-state index contributed by atoms with van der Waals surface area (Å²) >= 11 is 1.56. The average Bonchev–Trinajstić information content (AvgIpc) is 3.08. The third-order valence-corrected chi connectivity index (χ3v) is 5.55. The normalized spacial score (nSPS) is 22.1. The van der Waals surface area contributed by atoms with E-state index in [1.54, 1.807) is 11.3 Å². The van der Waals surface area contributed by atoms with Crippen molar-refractivity contribution in [2.75, 3.05) is 53.4 Å². The number of halogens is 1. The Kier molecular flexibility index (Phi) is 9.65. The average molecular weight is 481 g/mol. The molecule has 6 nitrogen and oxygen atoms in total. The number of aliphatic imine (C=N–C) groups is 1. The summed E-state index contributed by atoms with van der Waals surface area (Å²) in [6, 6.07) is 4.37. The fourth-order valence-corrected chi connectivity index (χ4v) is 3.55. The summed E-state index contributed by atoms with van der Waals surface area (Å²) in [5, 5.41) is 19.3. The predicted octanol–water partition coefficient (Wildman–Crippen LogP) is 1.37. The molecule has 1 aliphatic rings. The van der Waals surface area contributed by atoms with Gasteiger partial charge in [-0.05, 0) is 39.4 Å². The number of rotatable bonds is 6. The minimum Gasteiger partial charge on any atom is -0.383 e. The molecule has 0 radical (unpaired) electrons. The van der Waals surface area contributed by atoms with Crippen LogP contribution in [0, 0.1) is 0 Å². The van der Waals surface area contributed by atoms with Crippen LogP contribution >= 0.6 is 35.3 Å². The lowest BCUT2D eigenvalue weighted by molar-refractivity contribution is 0.0711. The second-order valence-corrected chi connectivity index (χ2v) is 7.67. The fourth-order valence-electron chi connectivity index (χ4n) is 2.77. The van der Waals surface area contributed by atoms with E-state index in [1.807, 2.05) is 24.4 Å². The zero-order chi connectivity index (χ0) is 17.6. The largest absolute Gasteiger partial charge is 0.383 e. The molecule has 2 rings (SSSR count). The number of hydrogen-bond donors (Lipinski definition) is 3. The van der Waals surface area contributed by atoms with Crippen LogP contribution in [0.15, 0.2) is 22.5 Å². The minimum absolute atomic E-state index is 0.